The van der Waals surface area contributed by atoms with Crippen LogP contribution in [0, 0.1) is 11.2 Å². The highest BCUT2D eigenvalue weighted by atomic mass is 32.1. The van der Waals surface area contributed by atoms with Gasteiger partial charge in [-0.15, -0.1) is 11.3 Å². The standard InChI is InChI=1S/C33H41FN4O4S/c1-20(41-5)29(40)38-26(14-21-11-23(15-24(34)12-21)31-35-9-10-43-31)28(39)19-36-27-17-33(7-6-8-33)42-30-25(27)13-22(18-37-30)16-32(2,3)4/h9-13,15,17-18,20,26,28,36,39H,6-8,14,16,19H2,1-5H3,(H,38,40)/t20-,26+,28-/m1/s1. The first kappa shape index (κ1) is 31.1. The Morgan fingerprint density at radius 3 is 2.65 bits per heavy atom. The number of thiazole rings is 1. The Morgan fingerprint density at radius 2 is 2.00 bits per heavy atom. The molecule has 0 unspecified atom stereocenters. The number of methoxy groups -OCH3 is 1. The normalized spacial score (nSPS) is 17.6. The number of halogens is 1. The summed E-state index contributed by atoms with van der Waals surface area (Å²) in [7, 11) is 1.46. The van der Waals surface area contributed by atoms with E-state index in [1.54, 1.807) is 13.1 Å². The van der Waals surface area contributed by atoms with Gasteiger partial charge in [-0.2, -0.15) is 0 Å². The van der Waals surface area contributed by atoms with E-state index in [0.29, 0.717) is 22.0 Å². The first-order chi connectivity index (χ1) is 20.4. The predicted octanol–water partition coefficient (Wildman–Crippen LogP) is 5.30. The van der Waals surface area contributed by atoms with Crippen LogP contribution in [0.5, 0.6) is 5.88 Å². The van der Waals surface area contributed by atoms with Crippen molar-refractivity contribution in [2.24, 2.45) is 5.41 Å². The molecule has 3 N–H and O–H groups in total. The summed E-state index contributed by atoms with van der Waals surface area (Å²) in [5, 5.41) is 20.4. The lowest BCUT2D eigenvalue weighted by Gasteiger charge is -2.43. The summed E-state index contributed by atoms with van der Waals surface area (Å²) in [5.74, 6) is -0.174. The molecule has 5 rings (SSSR count). The number of aliphatic hydroxyl groups is 1. The van der Waals surface area contributed by atoms with Crippen LogP contribution in [0.1, 0.15) is 63.6 Å². The molecule has 8 nitrogen and oxygen atoms in total. The molecule has 1 saturated carbocycles. The largest absolute Gasteiger partial charge is 0.466 e. The zero-order chi connectivity index (χ0) is 30.8. The minimum absolute atomic E-state index is 0.0925. The van der Waals surface area contributed by atoms with Gasteiger partial charge < -0.3 is 25.2 Å². The zero-order valence-corrected chi connectivity index (χ0v) is 26.3. The van der Waals surface area contributed by atoms with E-state index in [1.165, 1.54) is 30.6 Å². The average molecular weight is 609 g/mol. The smallest absolute Gasteiger partial charge is 0.249 e. The Bertz CT molecular complexity index is 1470. The number of benzene rings is 1. The van der Waals surface area contributed by atoms with Gasteiger partial charge in [0, 0.05) is 42.7 Å². The number of pyridine rings is 1. The molecule has 1 fully saturated rings. The maximum absolute atomic E-state index is 14.7. The van der Waals surface area contributed by atoms with Gasteiger partial charge in [0.2, 0.25) is 11.8 Å². The molecule has 1 spiro atoms. The Morgan fingerprint density at radius 1 is 1.21 bits per heavy atom. The molecule has 2 aromatic heterocycles. The molecule has 1 aliphatic carbocycles. The van der Waals surface area contributed by atoms with Gasteiger partial charge in [-0.1, -0.05) is 20.8 Å². The monoisotopic (exact) mass is 608 g/mol. The van der Waals surface area contributed by atoms with Crippen LogP contribution in [0.25, 0.3) is 16.3 Å². The van der Waals surface area contributed by atoms with Gasteiger partial charge in [0.15, 0.2) is 0 Å². The van der Waals surface area contributed by atoms with Crippen LogP contribution >= 0.6 is 11.3 Å². The Labute approximate surface area is 256 Å². The summed E-state index contributed by atoms with van der Waals surface area (Å²) in [4.78, 5) is 21.8. The molecular formula is C33H41FN4O4S. The maximum atomic E-state index is 14.7. The summed E-state index contributed by atoms with van der Waals surface area (Å²) >= 11 is 1.42. The van der Waals surface area contributed by atoms with Crippen molar-refractivity contribution in [3.63, 3.8) is 0 Å². The van der Waals surface area contributed by atoms with Crippen molar-refractivity contribution in [2.75, 3.05) is 13.7 Å². The second-order valence-electron chi connectivity index (χ2n) is 12.8. The molecule has 43 heavy (non-hydrogen) atoms. The number of ether oxygens (including phenoxy) is 2. The molecule has 230 valence electrons. The van der Waals surface area contributed by atoms with Gasteiger partial charge in [0.1, 0.15) is 22.5 Å². The molecule has 1 aromatic carbocycles. The molecule has 0 saturated heterocycles. The first-order valence-corrected chi connectivity index (χ1v) is 15.7. The number of amides is 1. The van der Waals surface area contributed by atoms with E-state index in [9.17, 15) is 14.3 Å². The molecule has 0 radical (unpaired) electrons. The number of hydrogen-bond acceptors (Lipinski definition) is 8. The van der Waals surface area contributed by atoms with Gasteiger partial charge in [-0.25, -0.2) is 14.4 Å². The molecule has 3 aromatic rings. The topological polar surface area (TPSA) is 106 Å². The highest BCUT2D eigenvalue weighted by Crippen LogP contribution is 2.44. The van der Waals surface area contributed by atoms with Crippen molar-refractivity contribution in [1.82, 2.24) is 20.6 Å². The fourth-order valence-electron chi connectivity index (χ4n) is 5.52. The second kappa shape index (κ2) is 12.7. The highest BCUT2D eigenvalue weighted by molar-refractivity contribution is 7.13. The third-order valence-electron chi connectivity index (χ3n) is 7.95. The molecule has 3 heterocycles. The van der Waals surface area contributed by atoms with Crippen molar-refractivity contribution in [3.05, 3.63) is 70.6 Å². The highest BCUT2D eigenvalue weighted by Gasteiger charge is 2.42. The Kier molecular flexibility index (Phi) is 9.20. The molecular weight excluding hydrogens is 567 g/mol. The number of fused-ring (bicyclic) bond motifs is 1. The van der Waals surface area contributed by atoms with Gasteiger partial charge >= 0.3 is 0 Å². The molecule has 1 aliphatic heterocycles. The molecule has 1 amide bonds. The molecule has 3 atom stereocenters. The van der Waals surface area contributed by atoms with Crippen molar-refractivity contribution >= 4 is 22.9 Å². The Balaban J connectivity index is 1.38. The quantitative estimate of drug-likeness (QED) is 0.271. The maximum Gasteiger partial charge on any atom is 0.249 e. The average Bonchev–Trinajstić information content (AvgIpc) is 3.48. The number of aromatic nitrogens is 2. The van der Waals surface area contributed by atoms with Crippen LogP contribution in [-0.2, 0) is 22.4 Å². The summed E-state index contributed by atoms with van der Waals surface area (Å²) in [6, 6.07) is 6.11. The number of hydrogen-bond donors (Lipinski definition) is 3. The molecule has 10 heteroatoms. The first-order valence-electron chi connectivity index (χ1n) is 14.8. The number of nitrogens with one attached hydrogen (secondary N) is 2. The third-order valence-corrected chi connectivity index (χ3v) is 8.77. The van der Waals surface area contributed by atoms with E-state index in [1.807, 2.05) is 17.6 Å². The van der Waals surface area contributed by atoms with Gasteiger partial charge in [0.25, 0.3) is 0 Å². The number of carbonyl (C=O) groups is 1. The van der Waals surface area contributed by atoms with E-state index < -0.39 is 29.7 Å². The van der Waals surface area contributed by atoms with E-state index in [-0.39, 0.29) is 24.3 Å². The van der Waals surface area contributed by atoms with Crippen molar-refractivity contribution in [3.8, 4) is 16.5 Å². The van der Waals surface area contributed by atoms with Crippen LogP contribution in [-0.4, -0.2) is 58.5 Å². The van der Waals surface area contributed by atoms with Crippen LogP contribution < -0.4 is 15.4 Å². The summed E-state index contributed by atoms with van der Waals surface area (Å²) in [6.07, 6.45) is 7.90. The number of aliphatic hydroxyl groups excluding tert-OH is 1. The minimum Gasteiger partial charge on any atom is -0.466 e. The molecule has 0 bridgehead atoms. The van der Waals surface area contributed by atoms with E-state index >= 15 is 0 Å². The zero-order valence-electron chi connectivity index (χ0n) is 25.4. The number of nitrogens with zero attached hydrogens (tertiary/aromatic N) is 2. The van der Waals surface area contributed by atoms with E-state index in [4.69, 9.17) is 9.47 Å². The van der Waals surface area contributed by atoms with Crippen LogP contribution in [0.4, 0.5) is 4.39 Å². The SMILES string of the molecule is CO[C@H](C)C(=O)N[C@@H](Cc1cc(F)cc(-c2nccs2)c1)[C@H](O)CNC1=CC2(CCC2)Oc2ncc(CC(C)(C)C)cc21. The van der Waals surface area contributed by atoms with Crippen molar-refractivity contribution in [2.45, 2.75) is 83.6 Å². The fourth-order valence-corrected chi connectivity index (χ4v) is 6.14. The second-order valence-corrected chi connectivity index (χ2v) is 13.7. The molecule has 2 aliphatic rings. The summed E-state index contributed by atoms with van der Waals surface area (Å²) in [6.45, 7) is 8.36. The summed E-state index contributed by atoms with van der Waals surface area (Å²) in [5.41, 5.74) is 3.81. The minimum atomic E-state index is -1.00. The van der Waals surface area contributed by atoms with E-state index in [2.05, 4.69) is 53.5 Å². The van der Waals surface area contributed by atoms with Gasteiger partial charge in [-0.3, -0.25) is 4.79 Å². The number of rotatable bonds is 11. The fraction of sp³-hybridized carbons (Fsp3) is 0.485. The van der Waals surface area contributed by atoms with Crippen molar-refractivity contribution < 1.29 is 23.8 Å². The van der Waals surface area contributed by atoms with Crippen LogP contribution in [0.3, 0.4) is 0 Å². The summed E-state index contributed by atoms with van der Waals surface area (Å²) < 4.78 is 26.2. The third kappa shape index (κ3) is 7.60. The lowest BCUT2D eigenvalue weighted by molar-refractivity contribution is -0.131. The van der Waals surface area contributed by atoms with Crippen LogP contribution in [0.2, 0.25) is 0 Å². The van der Waals surface area contributed by atoms with Crippen LogP contribution in [0.15, 0.2) is 48.1 Å². The van der Waals surface area contributed by atoms with Crippen molar-refractivity contribution in [1.29, 1.82) is 0 Å². The Hall–Kier alpha value is -3.34. The lowest BCUT2D eigenvalue weighted by Crippen LogP contribution is -2.51. The van der Waals surface area contributed by atoms with Gasteiger partial charge in [-0.05, 0) is 85.9 Å². The van der Waals surface area contributed by atoms with Gasteiger partial charge in [0.05, 0.1) is 17.7 Å². The van der Waals surface area contributed by atoms with E-state index in [0.717, 1.165) is 42.5 Å². The predicted molar refractivity (Wildman–Crippen MR) is 166 cm³/mol. The lowest BCUT2D eigenvalue weighted by atomic mass is 9.77. The number of carbonyl (C=O) groups excluding carboxylic acids is 1.